The summed E-state index contributed by atoms with van der Waals surface area (Å²) in [5.41, 5.74) is 2.69. The minimum atomic E-state index is 0.304. The van der Waals surface area contributed by atoms with Gasteiger partial charge in [0.05, 0.1) is 33.3 Å². The zero-order valence-corrected chi connectivity index (χ0v) is 19.5. The monoisotopic (exact) mass is 491 g/mol. The molecule has 7 heteroatoms. The van der Waals surface area contributed by atoms with Gasteiger partial charge in [0.2, 0.25) is 0 Å². The average molecular weight is 493 g/mol. The summed E-state index contributed by atoms with van der Waals surface area (Å²) in [6.45, 7) is 2.60. The van der Waals surface area contributed by atoms with Crippen LogP contribution in [0, 0.1) is 11.3 Å². The Morgan fingerprint density at radius 2 is 1.65 bits per heavy atom. The summed E-state index contributed by atoms with van der Waals surface area (Å²) in [6, 6.07) is 18.1. The number of nitrogens with zero attached hydrogens (tertiary/aromatic N) is 1. The second-order valence-electron chi connectivity index (χ2n) is 6.48. The number of nitriles is 1. The predicted molar refractivity (Wildman–Crippen MR) is 128 cm³/mol. The highest BCUT2D eigenvalue weighted by molar-refractivity contribution is 6.42. The molecule has 3 rings (SSSR count). The first-order valence-corrected chi connectivity index (χ1v) is 10.8. The number of ether oxygens (including phenoxy) is 2. The van der Waals surface area contributed by atoms with Gasteiger partial charge in [-0.25, -0.2) is 0 Å². The molecule has 0 N–H and O–H groups in total. The van der Waals surface area contributed by atoms with Crippen molar-refractivity contribution in [3.05, 3.63) is 91.4 Å². The van der Waals surface area contributed by atoms with E-state index in [4.69, 9.17) is 55.9 Å². The van der Waals surface area contributed by atoms with Crippen LogP contribution < -0.4 is 9.47 Å². The summed E-state index contributed by atoms with van der Waals surface area (Å²) < 4.78 is 11.7. The lowest BCUT2D eigenvalue weighted by Gasteiger charge is -2.15. The molecule has 0 aliphatic rings. The van der Waals surface area contributed by atoms with Crippen LogP contribution in [-0.2, 0) is 6.61 Å². The summed E-state index contributed by atoms with van der Waals surface area (Å²) in [5.74, 6) is 0.922. The molecule has 3 aromatic rings. The van der Waals surface area contributed by atoms with Crippen LogP contribution in [0.1, 0.15) is 23.6 Å². The molecule has 0 atom stereocenters. The quantitative estimate of drug-likeness (QED) is 0.246. The molecule has 0 amide bonds. The van der Waals surface area contributed by atoms with Crippen LogP contribution in [-0.4, -0.2) is 6.61 Å². The number of hydrogen-bond donors (Lipinski definition) is 0. The molecule has 0 spiro atoms. The standard InChI is InChI=1S/C24H17Cl4NO2/c1-2-30-23-11-16(9-18(13-29)17-5-8-20(26)21(27)12-17)10-22(28)24(23)31-14-15-3-6-19(25)7-4-15/h3-12H,2,14H2,1H3/b18-9-. The summed E-state index contributed by atoms with van der Waals surface area (Å²) in [5, 5.41) is 11.5. The Hall–Kier alpha value is -2.35. The molecular weight excluding hydrogens is 476 g/mol. The molecule has 0 radical (unpaired) electrons. The summed E-state index contributed by atoms with van der Waals surface area (Å²) in [4.78, 5) is 0. The summed E-state index contributed by atoms with van der Waals surface area (Å²) in [7, 11) is 0. The molecule has 31 heavy (non-hydrogen) atoms. The zero-order valence-electron chi connectivity index (χ0n) is 16.5. The van der Waals surface area contributed by atoms with Gasteiger partial charge in [0, 0.05) is 5.02 Å². The largest absolute Gasteiger partial charge is 0.490 e. The fourth-order valence-electron chi connectivity index (χ4n) is 2.82. The Bertz CT molecular complexity index is 1150. The van der Waals surface area contributed by atoms with Gasteiger partial charge in [-0.05, 0) is 66.1 Å². The number of halogens is 4. The highest BCUT2D eigenvalue weighted by Crippen LogP contribution is 2.38. The molecule has 0 saturated carbocycles. The third kappa shape index (κ3) is 6.09. The van der Waals surface area contributed by atoms with E-state index in [1.807, 2.05) is 19.1 Å². The van der Waals surface area contributed by atoms with Gasteiger partial charge in [0.25, 0.3) is 0 Å². The van der Waals surface area contributed by atoms with Gasteiger partial charge in [0.15, 0.2) is 11.5 Å². The van der Waals surface area contributed by atoms with E-state index in [-0.39, 0.29) is 0 Å². The van der Waals surface area contributed by atoms with Crippen molar-refractivity contribution in [1.82, 2.24) is 0 Å². The first-order chi connectivity index (χ1) is 14.9. The Labute approximate surface area is 201 Å². The van der Waals surface area contributed by atoms with Gasteiger partial charge in [-0.1, -0.05) is 64.6 Å². The van der Waals surface area contributed by atoms with Gasteiger partial charge >= 0.3 is 0 Å². The van der Waals surface area contributed by atoms with Gasteiger partial charge in [-0.3, -0.25) is 0 Å². The van der Waals surface area contributed by atoms with Crippen molar-refractivity contribution in [2.45, 2.75) is 13.5 Å². The molecule has 0 heterocycles. The van der Waals surface area contributed by atoms with E-state index < -0.39 is 0 Å². The van der Waals surface area contributed by atoms with Gasteiger partial charge in [0.1, 0.15) is 6.61 Å². The van der Waals surface area contributed by atoms with E-state index in [0.717, 1.165) is 5.56 Å². The van der Waals surface area contributed by atoms with Gasteiger partial charge < -0.3 is 9.47 Å². The molecule has 0 saturated heterocycles. The van der Waals surface area contributed by atoms with E-state index in [9.17, 15) is 5.26 Å². The number of hydrogen-bond acceptors (Lipinski definition) is 3. The number of allylic oxidation sites excluding steroid dienone is 1. The van der Waals surface area contributed by atoms with Crippen molar-refractivity contribution in [2.75, 3.05) is 6.61 Å². The van der Waals surface area contributed by atoms with E-state index >= 15 is 0 Å². The van der Waals surface area contributed by atoms with Crippen molar-refractivity contribution < 1.29 is 9.47 Å². The molecule has 0 bridgehead atoms. The molecule has 0 aliphatic carbocycles. The third-order valence-electron chi connectivity index (χ3n) is 4.29. The first-order valence-electron chi connectivity index (χ1n) is 9.32. The molecule has 158 valence electrons. The van der Waals surface area contributed by atoms with Crippen molar-refractivity contribution in [3.8, 4) is 17.6 Å². The zero-order chi connectivity index (χ0) is 22.4. The first kappa shape index (κ1) is 23.3. The molecule has 0 fully saturated rings. The molecule has 0 unspecified atom stereocenters. The van der Waals surface area contributed by atoms with E-state index in [2.05, 4.69) is 6.07 Å². The molecule has 3 nitrogen and oxygen atoms in total. The fraction of sp³-hybridized carbons (Fsp3) is 0.125. The average Bonchev–Trinajstić information content (AvgIpc) is 2.75. The van der Waals surface area contributed by atoms with Crippen LogP contribution in [0.5, 0.6) is 11.5 Å². The summed E-state index contributed by atoms with van der Waals surface area (Å²) >= 11 is 24.5. The molecule has 0 aliphatic heterocycles. The second kappa shape index (κ2) is 10.8. The lowest BCUT2D eigenvalue weighted by molar-refractivity contribution is 0.269. The highest BCUT2D eigenvalue weighted by Gasteiger charge is 2.14. The molecule has 3 aromatic carbocycles. The smallest absolute Gasteiger partial charge is 0.180 e. The maximum Gasteiger partial charge on any atom is 0.180 e. The van der Waals surface area contributed by atoms with Crippen LogP contribution in [0.15, 0.2) is 54.6 Å². The molecule has 0 aromatic heterocycles. The Kier molecular flexibility index (Phi) is 8.12. The normalized spacial score (nSPS) is 11.2. The number of benzene rings is 3. The summed E-state index contributed by atoms with van der Waals surface area (Å²) in [6.07, 6.45) is 1.71. The highest BCUT2D eigenvalue weighted by atomic mass is 35.5. The van der Waals surface area contributed by atoms with Crippen LogP contribution in [0.4, 0.5) is 0 Å². The third-order valence-corrected chi connectivity index (χ3v) is 5.56. The Morgan fingerprint density at radius 3 is 2.29 bits per heavy atom. The lowest BCUT2D eigenvalue weighted by atomic mass is 10.0. The Morgan fingerprint density at radius 1 is 0.903 bits per heavy atom. The van der Waals surface area contributed by atoms with Gasteiger partial charge in [-0.2, -0.15) is 5.26 Å². The van der Waals surface area contributed by atoms with Crippen LogP contribution in [0.2, 0.25) is 20.1 Å². The predicted octanol–water partition coefficient (Wildman–Crippen LogP) is 8.34. The SMILES string of the molecule is CCOc1cc(/C=C(/C#N)c2ccc(Cl)c(Cl)c2)cc(Cl)c1OCc1ccc(Cl)cc1. The van der Waals surface area contributed by atoms with Crippen molar-refractivity contribution in [3.63, 3.8) is 0 Å². The second-order valence-corrected chi connectivity index (χ2v) is 8.13. The van der Waals surface area contributed by atoms with Crippen molar-refractivity contribution in [2.24, 2.45) is 0 Å². The topological polar surface area (TPSA) is 42.2 Å². The van der Waals surface area contributed by atoms with Crippen LogP contribution in [0.25, 0.3) is 11.6 Å². The number of rotatable bonds is 7. The minimum absolute atomic E-state index is 0.304. The van der Waals surface area contributed by atoms with Crippen molar-refractivity contribution >= 4 is 58.1 Å². The van der Waals surface area contributed by atoms with Crippen LogP contribution >= 0.6 is 46.4 Å². The molecular formula is C24H17Cl4NO2. The lowest BCUT2D eigenvalue weighted by Crippen LogP contribution is -2.01. The van der Waals surface area contributed by atoms with E-state index in [1.165, 1.54) is 0 Å². The van der Waals surface area contributed by atoms with Crippen molar-refractivity contribution in [1.29, 1.82) is 5.26 Å². The van der Waals surface area contributed by atoms with E-state index in [1.54, 1.807) is 48.5 Å². The van der Waals surface area contributed by atoms with Gasteiger partial charge in [-0.15, -0.1) is 0 Å². The fourth-order valence-corrected chi connectivity index (χ4v) is 3.52. The van der Waals surface area contributed by atoms with Crippen LogP contribution in [0.3, 0.4) is 0 Å². The minimum Gasteiger partial charge on any atom is -0.490 e. The maximum absolute atomic E-state index is 9.63. The maximum atomic E-state index is 9.63. The van der Waals surface area contributed by atoms with E-state index in [0.29, 0.717) is 61.5 Å². The Balaban J connectivity index is 1.92.